The predicted octanol–water partition coefficient (Wildman–Crippen LogP) is 2.08. The van der Waals surface area contributed by atoms with Gasteiger partial charge in [-0.2, -0.15) is 5.10 Å². The number of carboxylic acid groups (broad SMARTS) is 1. The third-order valence-electron chi connectivity index (χ3n) is 2.64. The van der Waals surface area contributed by atoms with Crippen LogP contribution in [0.3, 0.4) is 0 Å². The molecule has 6 heteroatoms. The molecule has 0 amide bonds. The number of H-pyrrole nitrogens is 1. The molecule has 0 saturated heterocycles. The Bertz CT molecular complexity index is 553. The van der Waals surface area contributed by atoms with Gasteiger partial charge in [-0.05, 0) is 18.1 Å². The zero-order valence-corrected chi connectivity index (χ0v) is 9.74. The summed E-state index contributed by atoms with van der Waals surface area (Å²) >= 11 is 5.99. The molecule has 2 rings (SSSR count). The molecule has 0 radical (unpaired) electrons. The van der Waals surface area contributed by atoms with E-state index in [0.29, 0.717) is 11.6 Å². The van der Waals surface area contributed by atoms with E-state index in [0.717, 1.165) is 16.5 Å². The van der Waals surface area contributed by atoms with Crippen molar-refractivity contribution >= 4 is 28.5 Å². The number of aliphatic carboxylic acids is 1. The number of hydrogen-bond donors (Lipinski definition) is 3. The molecule has 1 aromatic heterocycles. The van der Waals surface area contributed by atoms with E-state index in [-0.39, 0.29) is 12.5 Å². The number of carboxylic acids is 1. The second kappa shape index (κ2) is 4.73. The molecule has 0 bridgehead atoms. The number of hydrogen-bond acceptors (Lipinski definition) is 3. The highest BCUT2D eigenvalue weighted by Gasteiger charge is 2.15. The third kappa shape index (κ3) is 2.40. The van der Waals surface area contributed by atoms with E-state index < -0.39 is 5.97 Å². The molecule has 0 saturated carbocycles. The number of nitrogens with zero attached hydrogens (tertiary/aromatic N) is 1. The smallest absolute Gasteiger partial charge is 0.303 e. The largest absolute Gasteiger partial charge is 0.481 e. The van der Waals surface area contributed by atoms with Crippen LogP contribution in [0.15, 0.2) is 18.2 Å². The fourth-order valence-electron chi connectivity index (χ4n) is 1.80. The minimum Gasteiger partial charge on any atom is -0.481 e. The van der Waals surface area contributed by atoms with Gasteiger partial charge in [-0.1, -0.05) is 23.7 Å². The first-order chi connectivity index (χ1) is 8.09. The van der Waals surface area contributed by atoms with Gasteiger partial charge in [0.25, 0.3) is 0 Å². The lowest BCUT2D eigenvalue weighted by molar-refractivity contribution is -0.137. The maximum Gasteiger partial charge on any atom is 0.303 e. The number of aromatic amines is 1. The standard InChI is InChI=1S/C11H12ClN3O2/c12-11-10-6(7(13)4-5-9(16)17)2-1-3-8(10)14-15-11/h1-3,7H,4-5,13H2,(H,14,15)(H,16,17). The molecule has 1 aromatic carbocycles. The SMILES string of the molecule is NC(CCC(=O)O)c1cccc2n[nH]c(Cl)c12. The van der Waals surface area contributed by atoms with Gasteiger partial charge in [-0.25, -0.2) is 0 Å². The van der Waals surface area contributed by atoms with E-state index in [2.05, 4.69) is 10.2 Å². The average Bonchev–Trinajstić information content (AvgIpc) is 2.68. The molecule has 4 N–H and O–H groups in total. The Hall–Kier alpha value is -1.59. The highest BCUT2D eigenvalue weighted by molar-refractivity contribution is 6.34. The number of rotatable bonds is 4. The van der Waals surface area contributed by atoms with Crippen molar-refractivity contribution in [1.29, 1.82) is 0 Å². The van der Waals surface area contributed by atoms with Gasteiger partial charge in [0.05, 0.1) is 5.52 Å². The van der Waals surface area contributed by atoms with Crippen molar-refractivity contribution in [1.82, 2.24) is 10.2 Å². The summed E-state index contributed by atoms with van der Waals surface area (Å²) in [7, 11) is 0. The van der Waals surface area contributed by atoms with Crippen molar-refractivity contribution in [3.8, 4) is 0 Å². The molecule has 1 unspecified atom stereocenters. The van der Waals surface area contributed by atoms with Crippen LogP contribution in [0.1, 0.15) is 24.4 Å². The molecular formula is C11H12ClN3O2. The molecule has 0 spiro atoms. The van der Waals surface area contributed by atoms with Crippen molar-refractivity contribution in [3.05, 3.63) is 28.9 Å². The van der Waals surface area contributed by atoms with Crippen LogP contribution in [-0.2, 0) is 4.79 Å². The molecular weight excluding hydrogens is 242 g/mol. The van der Waals surface area contributed by atoms with E-state index >= 15 is 0 Å². The fourth-order valence-corrected chi connectivity index (χ4v) is 2.05. The van der Waals surface area contributed by atoms with Gasteiger partial charge in [-0.3, -0.25) is 9.89 Å². The van der Waals surface area contributed by atoms with Crippen LogP contribution >= 0.6 is 11.6 Å². The Morgan fingerprint density at radius 2 is 2.35 bits per heavy atom. The first kappa shape index (κ1) is 11.9. The summed E-state index contributed by atoms with van der Waals surface area (Å²) in [6.07, 6.45) is 0.406. The molecule has 5 nitrogen and oxygen atoms in total. The minimum atomic E-state index is -0.856. The number of fused-ring (bicyclic) bond motifs is 1. The first-order valence-corrected chi connectivity index (χ1v) is 5.57. The highest BCUT2D eigenvalue weighted by atomic mass is 35.5. The number of halogens is 1. The predicted molar refractivity (Wildman–Crippen MR) is 64.9 cm³/mol. The van der Waals surface area contributed by atoms with Gasteiger partial charge in [0.2, 0.25) is 0 Å². The lowest BCUT2D eigenvalue weighted by Gasteiger charge is -2.11. The molecule has 0 aliphatic carbocycles. The van der Waals surface area contributed by atoms with Crippen molar-refractivity contribution in [2.24, 2.45) is 5.73 Å². The lowest BCUT2D eigenvalue weighted by Crippen LogP contribution is -2.12. The van der Waals surface area contributed by atoms with Crippen LogP contribution in [0, 0.1) is 0 Å². The van der Waals surface area contributed by atoms with Gasteiger partial charge in [0.15, 0.2) is 0 Å². The van der Waals surface area contributed by atoms with Crippen LogP contribution in [0.5, 0.6) is 0 Å². The van der Waals surface area contributed by atoms with Crippen molar-refractivity contribution in [3.63, 3.8) is 0 Å². The molecule has 17 heavy (non-hydrogen) atoms. The lowest BCUT2D eigenvalue weighted by atomic mass is 9.99. The van der Waals surface area contributed by atoms with Crippen molar-refractivity contribution < 1.29 is 9.90 Å². The van der Waals surface area contributed by atoms with Gasteiger partial charge in [0.1, 0.15) is 5.15 Å². The van der Waals surface area contributed by atoms with Gasteiger partial charge in [-0.15, -0.1) is 0 Å². The number of aromatic nitrogens is 2. The van der Waals surface area contributed by atoms with E-state index in [4.69, 9.17) is 22.4 Å². The number of nitrogens with one attached hydrogen (secondary N) is 1. The molecule has 0 aliphatic heterocycles. The molecule has 0 fully saturated rings. The van der Waals surface area contributed by atoms with Crippen LogP contribution in [0.4, 0.5) is 0 Å². The topological polar surface area (TPSA) is 92.0 Å². The Morgan fingerprint density at radius 1 is 1.59 bits per heavy atom. The molecule has 1 atom stereocenters. The second-order valence-electron chi connectivity index (χ2n) is 3.82. The quantitative estimate of drug-likeness (QED) is 0.778. The van der Waals surface area contributed by atoms with Crippen LogP contribution in [0.2, 0.25) is 5.15 Å². The summed E-state index contributed by atoms with van der Waals surface area (Å²) in [5, 5.41) is 16.5. The molecule has 2 aromatic rings. The van der Waals surface area contributed by atoms with Crippen molar-refractivity contribution in [2.45, 2.75) is 18.9 Å². The molecule has 0 aliphatic rings. The van der Waals surface area contributed by atoms with Gasteiger partial charge < -0.3 is 10.8 Å². The van der Waals surface area contributed by atoms with E-state index in [9.17, 15) is 4.79 Å². The second-order valence-corrected chi connectivity index (χ2v) is 4.20. The fraction of sp³-hybridized carbons (Fsp3) is 0.273. The summed E-state index contributed by atoms with van der Waals surface area (Å²) in [6.45, 7) is 0. The Morgan fingerprint density at radius 3 is 3.06 bits per heavy atom. The Kier molecular flexibility index (Phi) is 3.31. The molecule has 1 heterocycles. The molecule has 90 valence electrons. The minimum absolute atomic E-state index is 0.0347. The Labute approximate surface area is 103 Å². The summed E-state index contributed by atoms with van der Waals surface area (Å²) in [4.78, 5) is 10.5. The maximum atomic E-state index is 10.5. The van der Waals surface area contributed by atoms with Crippen LogP contribution in [0.25, 0.3) is 10.9 Å². The number of carbonyl (C=O) groups is 1. The van der Waals surface area contributed by atoms with Gasteiger partial charge >= 0.3 is 5.97 Å². The van der Waals surface area contributed by atoms with E-state index in [1.807, 2.05) is 18.2 Å². The van der Waals surface area contributed by atoms with Crippen LogP contribution < -0.4 is 5.73 Å². The zero-order chi connectivity index (χ0) is 12.4. The van der Waals surface area contributed by atoms with E-state index in [1.54, 1.807) is 0 Å². The van der Waals surface area contributed by atoms with Gasteiger partial charge in [0, 0.05) is 17.8 Å². The summed E-state index contributed by atoms with van der Waals surface area (Å²) in [5.74, 6) is -0.856. The van der Waals surface area contributed by atoms with E-state index in [1.165, 1.54) is 0 Å². The highest BCUT2D eigenvalue weighted by Crippen LogP contribution is 2.29. The monoisotopic (exact) mass is 253 g/mol. The average molecular weight is 254 g/mol. The van der Waals surface area contributed by atoms with Crippen molar-refractivity contribution in [2.75, 3.05) is 0 Å². The third-order valence-corrected chi connectivity index (χ3v) is 2.91. The normalized spacial score (nSPS) is 12.8. The summed E-state index contributed by atoms with van der Waals surface area (Å²) in [5.41, 5.74) is 7.53. The number of nitrogens with two attached hydrogens (primary N) is 1. The summed E-state index contributed by atoms with van der Waals surface area (Å²) < 4.78 is 0. The first-order valence-electron chi connectivity index (χ1n) is 5.19. The summed E-state index contributed by atoms with van der Waals surface area (Å²) in [6, 6.07) is 5.14. The Balaban J connectivity index is 2.34. The maximum absolute atomic E-state index is 10.5. The zero-order valence-electron chi connectivity index (χ0n) is 8.98. The van der Waals surface area contributed by atoms with Crippen LogP contribution in [-0.4, -0.2) is 21.3 Å². The number of benzene rings is 1.